The van der Waals surface area contributed by atoms with Crippen LogP contribution >= 0.6 is 0 Å². The van der Waals surface area contributed by atoms with Crippen molar-refractivity contribution in [3.05, 3.63) is 23.9 Å². The summed E-state index contributed by atoms with van der Waals surface area (Å²) in [4.78, 5) is 10.5. The number of hydrogen-bond donors (Lipinski definition) is 2. The molecule has 9 heteroatoms. The number of morpholine rings is 1. The van der Waals surface area contributed by atoms with E-state index in [0.29, 0.717) is 19.1 Å². The number of hydrogen-bond acceptors (Lipinski definition) is 4. The second-order valence-corrected chi connectivity index (χ2v) is 5.87. The highest BCUT2D eigenvalue weighted by molar-refractivity contribution is 5.79. The van der Waals surface area contributed by atoms with Crippen LogP contribution in [0.5, 0.6) is 0 Å². The molecule has 2 heterocycles. The molecule has 1 saturated heterocycles. The second kappa shape index (κ2) is 8.89. The molecule has 6 nitrogen and oxygen atoms in total. The van der Waals surface area contributed by atoms with E-state index in [2.05, 4.69) is 25.5 Å². The molecule has 1 atom stereocenters. The van der Waals surface area contributed by atoms with Crippen molar-refractivity contribution in [1.82, 2.24) is 15.6 Å². The van der Waals surface area contributed by atoms with E-state index in [9.17, 15) is 13.2 Å². The summed E-state index contributed by atoms with van der Waals surface area (Å²) in [6.07, 6.45) is -3.14. The van der Waals surface area contributed by atoms with Gasteiger partial charge in [0.1, 0.15) is 5.82 Å². The Morgan fingerprint density at radius 3 is 2.80 bits per heavy atom. The first-order chi connectivity index (χ1) is 11.9. The molecule has 1 aliphatic heterocycles. The molecule has 1 aromatic heterocycles. The molecule has 0 aliphatic carbocycles. The van der Waals surface area contributed by atoms with E-state index in [1.54, 1.807) is 6.20 Å². The molecule has 1 unspecified atom stereocenters. The average molecular weight is 359 g/mol. The first-order valence-corrected chi connectivity index (χ1v) is 8.20. The number of aliphatic imine (C=N–C) groups is 1. The number of pyridine rings is 1. The minimum Gasteiger partial charge on any atom is -0.375 e. The Hall–Kier alpha value is -2.03. The van der Waals surface area contributed by atoms with Crippen LogP contribution in [0.25, 0.3) is 0 Å². The molecular weight excluding hydrogens is 335 g/mol. The van der Waals surface area contributed by atoms with Gasteiger partial charge in [-0.05, 0) is 18.6 Å². The monoisotopic (exact) mass is 359 g/mol. The normalized spacial score (nSPS) is 19.0. The van der Waals surface area contributed by atoms with Gasteiger partial charge in [-0.25, -0.2) is 4.98 Å². The third-order valence-corrected chi connectivity index (χ3v) is 3.76. The summed E-state index contributed by atoms with van der Waals surface area (Å²) in [6.45, 7) is 4.55. The summed E-state index contributed by atoms with van der Waals surface area (Å²) in [5.74, 6) is 1.22. The van der Waals surface area contributed by atoms with Gasteiger partial charge in [0.05, 0.1) is 19.1 Å². The summed E-state index contributed by atoms with van der Waals surface area (Å²) < 4.78 is 42.0. The average Bonchev–Trinajstić information content (AvgIpc) is 2.57. The van der Waals surface area contributed by atoms with Crippen molar-refractivity contribution in [2.45, 2.75) is 32.2 Å². The van der Waals surface area contributed by atoms with Crippen LogP contribution < -0.4 is 15.5 Å². The highest BCUT2D eigenvalue weighted by Crippen LogP contribution is 2.18. The van der Waals surface area contributed by atoms with Crippen molar-refractivity contribution in [2.24, 2.45) is 4.99 Å². The van der Waals surface area contributed by atoms with Gasteiger partial charge in [0.15, 0.2) is 5.96 Å². The maximum Gasteiger partial charge on any atom is 0.390 e. The Kier molecular flexibility index (Phi) is 6.86. The molecule has 0 bridgehead atoms. The molecule has 1 fully saturated rings. The van der Waals surface area contributed by atoms with Gasteiger partial charge in [-0.2, -0.15) is 13.2 Å². The maximum absolute atomic E-state index is 12.2. The fourth-order valence-electron chi connectivity index (χ4n) is 2.46. The number of alkyl halides is 3. The predicted molar refractivity (Wildman–Crippen MR) is 90.7 cm³/mol. The van der Waals surface area contributed by atoms with Gasteiger partial charge < -0.3 is 20.3 Å². The minimum absolute atomic E-state index is 0.183. The Morgan fingerprint density at radius 2 is 2.20 bits per heavy atom. The molecular formula is C16H24F3N5O. The van der Waals surface area contributed by atoms with E-state index in [0.717, 1.165) is 24.5 Å². The van der Waals surface area contributed by atoms with Crippen LogP contribution in [0.3, 0.4) is 0 Å². The van der Waals surface area contributed by atoms with E-state index in [4.69, 9.17) is 4.74 Å². The lowest BCUT2D eigenvalue weighted by Crippen LogP contribution is -2.41. The van der Waals surface area contributed by atoms with Crippen LogP contribution in [0.2, 0.25) is 0 Å². The molecule has 25 heavy (non-hydrogen) atoms. The largest absolute Gasteiger partial charge is 0.390 e. The lowest BCUT2D eigenvalue weighted by atomic mass is 10.2. The van der Waals surface area contributed by atoms with Gasteiger partial charge >= 0.3 is 6.18 Å². The lowest BCUT2D eigenvalue weighted by molar-refractivity contribution is -0.132. The fraction of sp³-hybridized carbons (Fsp3) is 0.625. The van der Waals surface area contributed by atoms with Crippen LogP contribution in [-0.2, 0) is 11.3 Å². The molecule has 0 radical (unpaired) electrons. The molecule has 2 N–H and O–H groups in total. The highest BCUT2D eigenvalue weighted by atomic mass is 19.4. The van der Waals surface area contributed by atoms with Gasteiger partial charge in [-0.3, -0.25) is 4.99 Å². The predicted octanol–water partition coefficient (Wildman–Crippen LogP) is 1.92. The molecule has 0 aromatic carbocycles. The standard InChI is InChI=1S/C16H24F3N5O/c1-12-11-24(7-8-25-12)14-4-3-13(9-22-14)10-23-15(20-2)21-6-5-16(17,18)19/h3-4,9,12H,5-8,10-11H2,1-2H3,(H2,20,21,23). The van der Waals surface area contributed by atoms with Crippen molar-refractivity contribution in [1.29, 1.82) is 0 Å². The number of halogens is 3. The van der Waals surface area contributed by atoms with Crippen molar-refractivity contribution in [2.75, 3.05) is 38.2 Å². The number of guanidine groups is 1. The van der Waals surface area contributed by atoms with E-state index < -0.39 is 12.6 Å². The smallest absolute Gasteiger partial charge is 0.375 e. The topological polar surface area (TPSA) is 61.8 Å². The van der Waals surface area contributed by atoms with Crippen LogP contribution in [0.1, 0.15) is 18.9 Å². The van der Waals surface area contributed by atoms with E-state index in [-0.39, 0.29) is 12.6 Å². The van der Waals surface area contributed by atoms with Crippen molar-refractivity contribution in [3.63, 3.8) is 0 Å². The minimum atomic E-state index is -4.18. The fourth-order valence-corrected chi connectivity index (χ4v) is 2.46. The molecule has 0 saturated carbocycles. The van der Waals surface area contributed by atoms with Crippen LogP contribution in [0.4, 0.5) is 19.0 Å². The first kappa shape index (κ1) is 19.3. The quantitative estimate of drug-likeness (QED) is 0.621. The van der Waals surface area contributed by atoms with Crippen molar-refractivity contribution >= 4 is 11.8 Å². The molecule has 1 aliphatic rings. The van der Waals surface area contributed by atoms with Gasteiger partial charge in [-0.15, -0.1) is 0 Å². The van der Waals surface area contributed by atoms with Crippen molar-refractivity contribution in [3.8, 4) is 0 Å². The van der Waals surface area contributed by atoms with Crippen LogP contribution in [0, 0.1) is 0 Å². The van der Waals surface area contributed by atoms with Crippen molar-refractivity contribution < 1.29 is 17.9 Å². The summed E-state index contributed by atoms with van der Waals surface area (Å²) in [7, 11) is 1.52. The third-order valence-electron chi connectivity index (χ3n) is 3.76. The van der Waals surface area contributed by atoms with Crippen LogP contribution in [-0.4, -0.2) is 56.5 Å². The zero-order chi connectivity index (χ0) is 18.3. The molecule has 2 rings (SSSR count). The number of anilines is 1. The number of nitrogens with zero attached hydrogens (tertiary/aromatic N) is 3. The van der Waals surface area contributed by atoms with Gasteiger partial charge in [0.25, 0.3) is 0 Å². The van der Waals surface area contributed by atoms with Gasteiger partial charge in [-0.1, -0.05) is 6.07 Å². The first-order valence-electron chi connectivity index (χ1n) is 8.20. The zero-order valence-corrected chi connectivity index (χ0v) is 14.4. The summed E-state index contributed by atoms with van der Waals surface area (Å²) >= 11 is 0. The van der Waals surface area contributed by atoms with E-state index in [1.165, 1.54) is 7.05 Å². The summed E-state index contributed by atoms with van der Waals surface area (Å²) in [5.41, 5.74) is 0.920. The molecule has 0 spiro atoms. The summed E-state index contributed by atoms with van der Waals surface area (Å²) in [5, 5.41) is 5.62. The molecule has 0 amide bonds. The Bertz CT molecular complexity index is 562. The van der Waals surface area contributed by atoms with Crippen LogP contribution in [0.15, 0.2) is 23.3 Å². The second-order valence-electron chi connectivity index (χ2n) is 5.87. The number of nitrogens with one attached hydrogen (secondary N) is 2. The number of aromatic nitrogens is 1. The van der Waals surface area contributed by atoms with Gasteiger partial charge in [0.2, 0.25) is 0 Å². The summed E-state index contributed by atoms with van der Waals surface area (Å²) in [6, 6.07) is 3.88. The Labute approximate surface area is 145 Å². The third kappa shape index (κ3) is 6.77. The number of rotatable bonds is 5. The lowest BCUT2D eigenvalue weighted by Gasteiger charge is -2.32. The number of ether oxygens (including phenoxy) is 1. The van der Waals surface area contributed by atoms with E-state index >= 15 is 0 Å². The zero-order valence-electron chi connectivity index (χ0n) is 14.4. The van der Waals surface area contributed by atoms with E-state index in [1.807, 2.05) is 19.1 Å². The molecule has 140 valence electrons. The Balaban J connectivity index is 1.80. The molecule has 1 aromatic rings. The highest BCUT2D eigenvalue weighted by Gasteiger charge is 2.26. The maximum atomic E-state index is 12.2. The SMILES string of the molecule is CN=C(NCCC(F)(F)F)NCc1ccc(N2CCOC(C)C2)nc1. The Morgan fingerprint density at radius 1 is 1.40 bits per heavy atom. The van der Waals surface area contributed by atoms with Gasteiger partial charge in [0, 0.05) is 39.4 Å².